The molecule has 2 aliphatic rings. The highest BCUT2D eigenvalue weighted by Crippen LogP contribution is 2.35. The van der Waals surface area contributed by atoms with E-state index >= 15 is 0 Å². The topological polar surface area (TPSA) is 86.0 Å². The van der Waals surface area contributed by atoms with Crippen LogP contribution < -0.4 is 4.90 Å². The van der Waals surface area contributed by atoms with Gasteiger partial charge in [-0.1, -0.05) is 0 Å². The second-order valence-corrected chi connectivity index (χ2v) is 7.78. The molecule has 2 unspecified atom stereocenters. The molecule has 0 saturated carbocycles. The van der Waals surface area contributed by atoms with Gasteiger partial charge in [-0.25, -0.2) is 19.3 Å². The minimum atomic E-state index is -0.438. The number of hydrogen-bond acceptors (Lipinski definition) is 6. The molecule has 8 heteroatoms. The van der Waals surface area contributed by atoms with E-state index in [9.17, 15) is 14.4 Å². The molecule has 1 amide bonds. The molecule has 1 aromatic carbocycles. The van der Waals surface area contributed by atoms with Crippen LogP contribution in [-0.2, 0) is 0 Å². The number of piperazine rings is 1. The number of carbonyl (C=O) groups excluding carboxylic acids is 1. The molecule has 2 aromatic heterocycles. The van der Waals surface area contributed by atoms with Crippen molar-refractivity contribution in [1.29, 1.82) is 5.26 Å². The molecule has 3 aromatic rings. The Bertz CT molecular complexity index is 1160. The van der Waals surface area contributed by atoms with Crippen molar-refractivity contribution >= 4 is 11.7 Å². The predicted octanol–water partition coefficient (Wildman–Crippen LogP) is 3.04. The Kier molecular flexibility index (Phi) is 4.79. The number of nitriles is 1. The first-order chi connectivity index (χ1) is 15.1. The molecule has 2 saturated heterocycles. The molecule has 0 spiro atoms. The fourth-order valence-corrected chi connectivity index (χ4v) is 4.57. The molecular weight excluding hydrogens is 395 g/mol. The van der Waals surface area contributed by atoms with Gasteiger partial charge in [0.05, 0.1) is 17.2 Å². The molecular formula is C23H19FN6O. The van der Waals surface area contributed by atoms with Gasteiger partial charge in [-0.15, -0.1) is 0 Å². The van der Waals surface area contributed by atoms with E-state index in [4.69, 9.17) is 0 Å². The lowest BCUT2D eigenvalue weighted by Crippen LogP contribution is -2.55. The molecule has 0 aliphatic carbocycles. The Balaban J connectivity index is 1.43. The van der Waals surface area contributed by atoms with Gasteiger partial charge in [-0.3, -0.25) is 4.79 Å². The summed E-state index contributed by atoms with van der Waals surface area (Å²) in [5, 5.41) is 9.20. The first kappa shape index (κ1) is 19.1. The molecule has 0 N–H and O–H groups in total. The number of fused-ring (bicyclic) bond motifs is 2. The Morgan fingerprint density at radius 1 is 1.03 bits per heavy atom. The molecule has 7 nitrogen and oxygen atoms in total. The van der Waals surface area contributed by atoms with Gasteiger partial charge in [0, 0.05) is 49.3 Å². The summed E-state index contributed by atoms with van der Waals surface area (Å²) in [7, 11) is 0. The van der Waals surface area contributed by atoms with Crippen LogP contribution in [0.15, 0.2) is 55.0 Å². The Morgan fingerprint density at radius 3 is 2.48 bits per heavy atom. The lowest BCUT2D eigenvalue weighted by molar-refractivity contribution is 0.0718. The van der Waals surface area contributed by atoms with E-state index in [1.165, 1.54) is 18.2 Å². The van der Waals surface area contributed by atoms with Crippen molar-refractivity contribution in [3.8, 4) is 17.5 Å². The van der Waals surface area contributed by atoms with Crippen LogP contribution in [0.25, 0.3) is 11.4 Å². The summed E-state index contributed by atoms with van der Waals surface area (Å²) in [6.45, 7) is 1.08. The number of likely N-dealkylation sites (tertiary alicyclic amines) is 1. The number of pyridine rings is 1. The maximum Gasteiger partial charge on any atom is 0.254 e. The van der Waals surface area contributed by atoms with Crippen LogP contribution in [0.4, 0.5) is 10.2 Å². The van der Waals surface area contributed by atoms with Crippen molar-refractivity contribution in [1.82, 2.24) is 19.9 Å². The van der Waals surface area contributed by atoms with Gasteiger partial charge >= 0.3 is 0 Å². The zero-order valence-corrected chi connectivity index (χ0v) is 16.6. The first-order valence-electron chi connectivity index (χ1n) is 10.1. The number of nitrogens with zero attached hydrogens (tertiary/aromatic N) is 6. The minimum Gasteiger partial charge on any atom is -0.347 e. The van der Waals surface area contributed by atoms with E-state index in [0.717, 1.165) is 18.7 Å². The van der Waals surface area contributed by atoms with E-state index in [0.29, 0.717) is 35.6 Å². The number of halogens is 1. The van der Waals surface area contributed by atoms with Crippen LogP contribution >= 0.6 is 0 Å². The Labute approximate surface area is 178 Å². The number of rotatable bonds is 3. The van der Waals surface area contributed by atoms with Crippen LogP contribution in [0, 0.1) is 17.1 Å². The van der Waals surface area contributed by atoms with Gasteiger partial charge in [-0.05, 0) is 49.2 Å². The van der Waals surface area contributed by atoms with Gasteiger partial charge in [0.25, 0.3) is 5.91 Å². The third kappa shape index (κ3) is 3.48. The fraction of sp³-hybridized carbons (Fsp3) is 0.261. The third-order valence-electron chi connectivity index (χ3n) is 5.93. The fourth-order valence-electron chi connectivity index (χ4n) is 4.57. The smallest absolute Gasteiger partial charge is 0.254 e. The van der Waals surface area contributed by atoms with E-state index in [-0.39, 0.29) is 18.0 Å². The van der Waals surface area contributed by atoms with Gasteiger partial charge in [0.1, 0.15) is 11.6 Å². The maximum absolute atomic E-state index is 14.0. The van der Waals surface area contributed by atoms with E-state index in [1.54, 1.807) is 36.8 Å². The number of benzene rings is 1. The molecule has 31 heavy (non-hydrogen) atoms. The van der Waals surface area contributed by atoms with Crippen LogP contribution in [0.5, 0.6) is 0 Å². The van der Waals surface area contributed by atoms with Crippen LogP contribution in [-0.4, -0.2) is 50.9 Å². The van der Waals surface area contributed by atoms with E-state index < -0.39 is 5.82 Å². The zero-order chi connectivity index (χ0) is 21.4. The standard InChI is InChI=1S/C23H19FN6O/c24-16-2-5-19(20(11-16)22-27-7-1-8-28-22)23(31)29-13-17-3-4-18(14-29)30(17)21-10-15(12-25)6-9-26-21/h1-2,5-11,17-18H,3-4,13-14H2. The van der Waals surface area contributed by atoms with Crippen LogP contribution in [0.1, 0.15) is 28.8 Å². The predicted molar refractivity (Wildman–Crippen MR) is 112 cm³/mol. The SMILES string of the molecule is N#Cc1ccnc(N2C3CCC2CN(C(=O)c2ccc(F)cc2-c2ncccn2)C3)c1. The second kappa shape index (κ2) is 7.76. The van der Waals surface area contributed by atoms with E-state index in [1.807, 2.05) is 4.90 Å². The number of amides is 1. The highest BCUT2D eigenvalue weighted by molar-refractivity contribution is 6.00. The second-order valence-electron chi connectivity index (χ2n) is 7.78. The molecule has 2 aliphatic heterocycles. The summed E-state index contributed by atoms with van der Waals surface area (Å²) < 4.78 is 14.0. The molecule has 2 atom stereocenters. The quantitative estimate of drug-likeness (QED) is 0.655. The number of hydrogen-bond donors (Lipinski definition) is 0. The summed E-state index contributed by atoms with van der Waals surface area (Å²) in [6.07, 6.45) is 6.69. The molecule has 2 fully saturated rings. The lowest BCUT2D eigenvalue weighted by Gasteiger charge is -2.42. The average molecular weight is 414 g/mol. The van der Waals surface area contributed by atoms with Crippen molar-refractivity contribution < 1.29 is 9.18 Å². The highest BCUT2D eigenvalue weighted by atomic mass is 19.1. The largest absolute Gasteiger partial charge is 0.347 e. The van der Waals surface area contributed by atoms with Gasteiger partial charge in [-0.2, -0.15) is 5.26 Å². The van der Waals surface area contributed by atoms with Crippen LogP contribution in [0.3, 0.4) is 0 Å². The summed E-state index contributed by atoms with van der Waals surface area (Å²) in [6, 6.07) is 11.7. The Hall–Kier alpha value is -3.86. The zero-order valence-electron chi connectivity index (χ0n) is 16.6. The maximum atomic E-state index is 14.0. The number of carbonyl (C=O) groups is 1. The number of aromatic nitrogens is 3. The van der Waals surface area contributed by atoms with Crippen LogP contribution in [0.2, 0.25) is 0 Å². The normalized spacial score (nSPS) is 19.9. The summed E-state index contributed by atoms with van der Waals surface area (Å²) >= 11 is 0. The van der Waals surface area contributed by atoms with Crippen molar-refractivity contribution in [2.45, 2.75) is 24.9 Å². The molecule has 154 valence electrons. The Morgan fingerprint density at radius 2 is 1.77 bits per heavy atom. The van der Waals surface area contributed by atoms with Gasteiger partial charge < -0.3 is 9.80 Å². The third-order valence-corrected chi connectivity index (χ3v) is 5.93. The summed E-state index contributed by atoms with van der Waals surface area (Å²) in [4.78, 5) is 30.3. The monoisotopic (exact) mass is 414 g/mol. The van der Waals surface area contributed by atoms with Gasteiger partial charge in [0.15, 0.2) is 5.82 Å². The number of anilines is 1. The molecule has 0 radical (unpaired) electrons. The van der Waals surface area contributed by atoms with Crippen molar-refractivity contribution in [2.75, 3.05) is 18.0 Å². The average Bonchev–Trinajstić information content (AvgIpc) is 3.08. The first-order valence-corrected chi connectivity index (χ1v) is 10.1. The highest BCUT2D eigenvalue weighted by Gasteiger charge is 2.42. The molecule has 4 heterocycles. The van der Waals surface area contributed by atoms with Crippen molar-refractivity contribution in [3.05, 3.63) is 71.9 Å². The summed E-state index contributed by atoms with van der Waals surface area (Å²) in [5.74, 6) is 0.508. The summed E-state index contributed by atoms with van der Waals surface area (Å²) in [5.41, 5.74) is 1.36. The van der Waals surface area contributed by atoms with Crippen molar-refractivity contribution in [2.24, 2.45) is 0 Å². The lowest BCUT2D eigenvalue weighted by atomic mass is 10.0. The molecule has 2 bridgehead atoms. The minimum absolute atomic E-state index is 0.126. The van der Waals surface area contributed by atoms with Crippen molar-refractivity contribution in [3.63, 3.8) is 0 Å². The molecule has 5 rings (SSSR count). The van der Waals surface area contributed by atoms with Gasteiger partial charge in [0.2, 0.25) is 0 Å². The van der Waals surface area contributed by atoms with E-state index in [2.05, 4.69) is 25.9 Å².